The maximum Gasteiger partial charge on any atom is 0.258 e. The third-order valence-corrected chi connectivity index (χ3v) is 3.35. The van der Waals surface area contributed by atoms with Gasteiger partial charge in [0.25, 0.3) is 5.91 Å². The van der Waals surface area contributed by atoms with E-state index in [-0.39, 0.29) is 11.7 Å². The fourth-order valence-electron chi connectivity index (χ4n) is 2.11. The first-order valence-electron chi connectivity index (χ1n) is 6.71. The van der Waals surface area contributed by atoms with E-state index in [0.29, 0.717) is 17.7 Å². The van der Waals surface area contributed by atoms with Crippen molar-refractivity contribution in [2.24, 2.45) is 0 Å². The lowest BCUT2D eigenvalue weighted by Crippen LogP contribution is -2.30. The van der Waals surface area contributed by atoms with Crippen molar-refractivity contribution in [2.75, 3.05) is 11.4 Å². The van der Waals surface area contributed by atoms with Crippen LogP contribution in [-0.4, -0.2) is 17.6 Å². The molecular weight excluding hydrogens is 250 g/mol. The molecule has 0 aliphatic rings. The summed E-state index contributed by atoms with van der Waals surface area (Å²) in [7, 11) is 0. The number of aryl methyl sites for hydroxylation is 2. The number of nitrogens with zero attached hydrogens (tertiary/aromatic N) is 1. The van der Waals surface area contributed by atoms with Crippen molar-refractivity contribution in [3.63, 3.8) is 0 Å². The lowest BCUT2D eigenvalue weighted by Gasteiger charge is -2.21. The molecule has 0 aromatic heterocycles. The first-order chi connectivity index (χ1) is 9.52. The van der Waals surface area contributed by atoms with E-state index in [1.807, 2.05) is 38.1 Å². The Bertz CT molecular complexity index is 617. The predicted octanol–water partition coefficient (Wildman–Crippen LogP) is 3.68. The van der Waals surface area contributed by atoms with E-state index in [4.69, 9.17) is 0 Å². The van der Waals surface area contributed by atoms with Gasteiger partial charge in [-0.05, 0) is 56.7 Å². The molecule has 0 aliphatic heterocycles. The Balaban J connectivity index is 2.33. The standard InChI is InChI=1S/C17H19NO2/c1-4-18(15-8-5-12(2)6-9-15)17(20)14-7-10-16(19)13(3)11-14/h5-11,19H,4H2,1-3H3. The minimum atomic E-state index is -0.0561. The van der Waals surface area contributed by atoms with Crippen LogP contribution < -0.4 is 4.90 Å². The highest BCUT2D eigenvalue weighted by Crippen LogP contribution is 2.21. The number of phenolic OH excluding ortho intramolecular Hbond substituents is 1. The van der Waals surface area contributed by atoms with Crippen LogP contribution in [0.25, 0.3) is 0 Å². The molecular formula is C17H19NO2. The lowest BCUT2D eigenvalue weighted by atomic mass is 10.1. The number of rotatable bonds is 3. The van der Waals surface area contributed by atoms with Crippen LogP contribution in [-0.2, 0) is 0 Å². The first-order valence-corrected chi connectivity index (χ1v) is 6.71. The Hall–Kier alpha value is -2.29. The highest BCUT2D eigenvalue weighted by Gasteiger charge is 2.16. The summed E-state index contributed by atoms with van der Waals surface area (Å²) < 4.78 is 0. The van der Waals surface area contributed by atoms with Crippen molar-refractivity contribution in [1.29, 1.82) is 0 Å². The molecule has 2 rings (SSSR count). The van der Waals surface area contributed by atoms with Crippen molar-refractivity contribution in [3.8, 4) is 5.75 Å². The van der Waals surface area contributed by atoms with Gasteiger partial charge in [-0.3, -0.25) is 4.79 Å². The van der Waals surface area contributed by atoms with Gasteiger partial charge < -0.3 is 10.0 Å². The summed E-state index contributed by atoms with van der Waals surface area (Å²) in [4.78, 5) is 14.3. The third kappa shape index (κ3) is 2.82. The summed E-state index contributed by atoms with van der Waals surface area (Å²) in [6, 6.07) is 12.8. The number of hydrogen-bond donors (Lipinski definition) is 1. The molecule has 0 aliphatic carbocycles. The molecule has 3 heteroatoms. The molecule has 0 heterocycles. The summed E-state index contributed by atoms with van der Waals surface area (Å²) in [5.41, 5.74) is 3.34. The van der Waals surface area contributed by atoms with Crippen molar-refractivity contribution in [2.45, 2.75) is 20.8 Å². The molecule has 104 valence electrons. The maximum absolute atomic E-state index is 12.6. The Morgan fingerprint density at radius 2 is 1.75 bits per heavy atom. The van der Waals surface area contributed by atoms with Crippen molar-refractivity contribution in [1.82, 2.24) is 0 Å². The number of carbonyl (C=O) groups is 1. The largest absolute Gasteiger partial charge is 0.508 e. The first kappa shape index (κ1) is 14.1. The topological polar surface area (TPSA) is 40.5 Å². The number of carbonyl (C=O) groups excluding carboxylic acids is 1. The van der Waals surface area contributed by atoms with E-state index in [2.05, 4.69) is 0 Å². The van der Waals surface area contributed by atoms with Gasteiger partial charge in [-0.1, -0.05) is 17.7 Å². The molecule has 0 unspecified atom stereocenters. The summed E-state index contributed by atoms with van der Waals surface area (Å²) in [6.07, 6.45) is 0. The summed E-state index contributed by atoms with van der Waals surface area (Å²) in [6.45, 7) is 6.35. The number of anilines is 1. The minimum Gasteiger partial charge on any atom is -0.508 e. The summed E-state index contributed by atoms with van der Waals surface area (Å²) in [5, 5.41) is 9.54. The maximum atomic E-state index is 12.6. The van der Waals surface area contributed by atoms with Crippen LogP contribution in [0.3, 0.4) is 0 Å². The predicted molar refractivity (Wildman–Crippen MR) is 81.4 cm³/mol. The smallest absolute Gasteiger partial charge is 0.258 e. The lowest BCUT2D eigenvalue weighted by molar-refractivity contribution is 0.0988. The molecule has 0 bridgehead atoms. The number of benzene rings is 2. The Labute approximate surface area is 119 Å². The highest BCUT2D eigenvalue weighted by atomic mass is 16.3. The second-order valence-electron chi connectivity index (χ2n) is 4.89. The molecule has 20 heavy (non-hydrogen) atoms. The normalized spacial score (nSPS) is 10.3. The van der Waals surface area contributed by atoms with E-state index in [1.54, 1.807) is 30.0 Å². The number of phenols is 1. The molecule has 0 saturated heterocycles. The third-order valence-electron chi connectivity index (χ3n) is 3.35. The van der Waals surface area contributed by atoms with Crippen LogP contribution >= 0.6 is 0 Å². The van der Waals surface area contributed by atoms with Gasteiger partial charge in [0.05, 0.1) is 0 Å². The average Bonchev–Trinajstić information content (AvgIpc) is 2.44. The fraction of sp³-hybridized carbons (Fsp3) is 0.235. The molecule has 0 atom stereocenters. The Morgan fingerprint density at radius 3 is 2.30 bits per heavy atom. The van der Waals surface area contributed by atoms with E-state index < -0.39 is 0 Å². The SMILES string of the molecule is CCN(C(=O)c1ccc(O)c(C)c1)c1ccc(C)cc1. The van der Waals surface area contributed by atoms with Crippen LogP contribution in [0.15, 0.2) is 42.5 Å². The monoisotopic (exact) mass is 269 g/mol. The molecule has 0 saturated carbocycles. The molecule has 1 amide bonds. The quantitative estimate of drug-likeness (QED) is 0.923. The molecule has 0 radical (unpaired) electrons. The van der Waals surface area contributed by atoms with Crippen molar-refractivity contribution < 1.29 is 9.90 Å². The van der Waals surface area contributed by atoms with Crippen LogP contribution in [0, 0.1) is 13.8 Å². The minimum absolute atomic E-state index is 0.0561. The number of aromatic hydroxyl groups is 1. The van der Waals surface area contributed by atoms with Gasteiger partial charge in [-0.25, -0.2) is 0 Å². The Kier molecular flexibility index (Phi) is 4.08. The van der Waals surface area contributed by atoms with Crippen LogP contribution in [0.4, 0.5) is 5.69 Å². The zero-order valence-corrected chi connectivity index (χ0v) is 12.1. The van der Waals surface area contributed by atoms with Gasteiger partial charge in [-0.15, -0.1) is 0 Å². The van der Waals surface area contributed by atoms with Gasteiger partial charge in [0.15, 0.2) is 0 Å². The summed E-state index contributed by atoms with van der Waals surface area (Å²) in [5.74, 6) is 0.152. The van der Waals surface area contributed by atoms with E-state index in [1.165, 1.54) is 0 Å². The van der Waals surface area contributed by atoms with E-state index in [0.717, 1.165) is 11.3 Å². The zero-order chi connectivity index (χ0) is 14.7. The van der Waals surface area contributed by atoms with Gasteiger partial charge in [0, 0.05) is 17.8 Å². The van der Waals surface area contributed by atoms with Crippen molar-refractivity contribution >= 4 is 11.6 Å². The van der Waals surface area contributed by atoms with Crippen LogP contribution in [0.1, 0.15) is 28.4 Å². The molecule has 0 spiro atoms. The van der Waals surface area contributed by atoms with Gasteiger partial charge in [0.1, 0.15) is 5.75 Å². The van der Waals surface area contributed by atoms with E-state index in [9.17, 15) is 9.90 Å². The van der Waals surface area contributed by atoms with Crippen LogP contribution in [0.2, 0.25) is 0 Å². The highest BCUT2D eigenvalue weighted by molar-refractivity contribution is 6.06. The van der Waals surface area contributed by atoms with Crippen molar-refractivity contribution in [3.05, 3.63) is 59.2 Å². The van der Waals surface area contributed by atoms with Gasteiger partial charge >= 0.3 is 0 Å². The van der Waals surface area contributed by atoms with Crippen LogP contribution in [0.5, 0.6) is 5.75 Å². The van der Waals surface area contributed by atoms with E-state index >= 15 is 0 Å². The van der Waals surface area contributed by atoms with Gasteiger partial charge in [-0.2, -0.15) is 0 Å². The molecule has 3 nitrogen and oxygen atoms in total. The zero-order valence-electron chi connectivity index (χ0n) is 12.1. The average molecular weight is 269 g/mol. The van der Waals surface area contributed by atoms with Gasteiger partial charge in [0.2, 0.25) is 0 Å². The molecule has 0 fully saturated rings. The number of hydrogen-bond acceptors (Lipinski definition) is 2. The molecule has 1 N–H and O–H groups in total. The fourth-order valence-corrected chi connectivity index (χ4v) is 2.11. The molecule has 2 aromatic carbocycles. The number of amides is 1. The Morgan fingerprint density at radius 1 is 1.10 bits per heavy atom. The second-order valence-corrected chi connectivity index (χ2v) is 4.89. The second kappa shape index (κ2) is 5.78. The summed E-state index contributed by atoms with van der Waals surface area (Å²) >= 11 is 0. The molecule has 2 aromatic rings.